The van der Waals surface area contributed by atoms with E-state index in [1.54, 1.807) is 0 Å². The number of hydrogen-bond donors (Lipinski definition) is 1. The molecule has 1 heterocycles. The zero-order valence-electron chi connectivity index (χ0n) is 10.4. The van der Waals surface area contributed by atoms with Gasteiger partial charge < -0.3 is 9.88 Å². The van der Waals surface area contributed by atoms with Crippen LogP contribution >= 0.6 is 0 Å². The second-order valence-electron chi connectivity index (χ2n) is 4.21. The molecule has 1 unspecified atom stereocenters. The van der Waals surface area contributed by atoms with Crippen LogP contribution in [0.1, 0.15) is 45.7 Å². The standard InChI is InChI=1S/C12H23N3/c1-5-7-8-15-9-11(4)14-12(15)13-10(3)6-2/h9-10H,5-8H2,1-4H3,(H,13,14). The van der Waals surface area contributed by atoms with E-state index < -0.39 is 0 Å². The van der Waals surface area contributed by atoms with Crippen molar-refractivity contribution in [3.05, 3.63) is 11.9 Å². The lowest BCUT2D eigenvalue weighted by atomic mass is 10.3. The Morgan fingerprint density at radius 1 is 1.47 bits per heavy atom. The van der Waals surface area contributed by atoms with Crippen molar-refractivity contribution in [3.8, 4) is 0 Å². The Morgan fingerprint density at radius 2 is 2.20 bits per heavy atom. The maximum absolute atomic E-state index is 4.50. The molecule has 1 rings (SSSR count). The van der Waals surface area contributed by atoms with Crippen molar-refractivity contribution in [3.63, 3.8) is 0 Å². The summed E-state index contributed by atoms with van der Waals surface area (Å²) in [4.78, 5) is 4.50. The van der Waals surface area contributed by atoms with Gasteiger partial charge in [0, 0.05) is 18.8 Å². The Morgan fingerprint density at radius 3 is 2.80 bits per heavy atom. The number of unbranched alkanes of at least 4 members (excludes halogenated alkanes) is 1. The first-order chi connectivity index (χ1) is 7.17. The fourth-order valence-corrected chi connectivity index (χ4v) is 1.48. The summed E-state index contributed by atoms with van der Waals surface area (Å²) in [6, 6.07) is 0.493. The number of hydrogen-bond acceptors (Lipinski definition) is 2. The van der Waals surface area contributed by atoms with E-state index in [4.69, 9.17) is 0 Å². The van der Waals surface area contributed by atoms with Gasteiger partial charge in [0.2, 0.25) is 5.95 Å². The van der Waals surface area contributed by atoms with Crippen molar-refractivity contribution < 1.29 is 0 Å². The number of nitrogens with one attached hydrogen (secondary N) is 1. The van der Waals surface area contributed by atoms with Gasteiger partial charge in [-0.25, -0.2) is 4.98 Å². The minimum absolute atomic E-state index is 0.493. The maximum Gasteiger partial charge on any atom is 0.203 e. The highest BCUT2D eigenvalue weighted by Crippen LogP contribution is 2.11. The highest BCUT2D eigenvalue weighted by atomic mass is 15.2. The molecule has 1 aromatic heterocycles. The fraction of sp³-hybridized carbons (Fsp3) is 0.750. The van der Waals surface area contributed by atoms with E-state index in [1.165, 1.54) is 12.8 Å². The number of nitrogens with zero attached hydrogens (tertiary/aromatic N) is 2. The third-order valence-electron chi connectivity index (χ3n) is 2.64. The molecule has 3 nitrogen and oxygen atoms in total. The second kappa shape index (κ2) is 5.79. The third-order valence-corrected chi connectivity index (χ3v) is 2.64. The summed E-state index contributed by atoms with van der Waals surface area (Å²) < 4.78 is 2.23. The lowest BCUT2D eigenvalue weighted by Crippen LogP contribution is -2.17. The van der Waals surface area contributed by atoms with E-state index >= 15 is 0 Å². The minimum atomic E-state index is 0.493. The first-order valence-corrected chi connectivity index (χ1v) is 5.97. The SMILES string of the molecule is CCCCn1cc(C)nc1NC(C)CC. The molecule has 86 valence electrons. The largest absolute Gasteiger partial charge is 0.353 e. The lowest BCUT2D eigenvalue weighted by Gasteiger charge is -2.13. The van der Waals surface area contributed by atoms with Crippen LogP contribution in [0.2, 0.25) is 0 Å². The summed E-state index contributed by atoms with van der Waals surface area (Å²) in [5.74, 6) is 1.02. The van der Waals surface area contributed by atoms with E-state index in [2.05, 4.69) is 41.8 Å². The molecule has 1 aromatic rings. The van der Waals surface area contributed by atoms with Crippen molar-refractivity contribution in [2.75, 3.05) is 5.32 Å². The van der Waals surface area contributed by atoms with E-state index in [-0.39, 0.29) is 0 Å². The molecular formula is C12H23N3. The van der Waals surface area contributed by atoms with Crippen molar-refractivity contribution in [2.45, 2.75) is 59.5 Å². The van der Waals surface area contributed by atoms with Crippen LogP contribution in [0.4, 0.5) is 5.95 Å². The molecule has 0 saturated carbocycles. The zero-order valence-corrected chi connectivity index (χ0v) is 10.4. The van der Waals surface area contributed by atoms with Crippen molar-refractivity contribution >= 4 is 5.95 Å². The average Bonchev–Trinajstić information content (AvgIpc) is 2.55. The van der Waals surface area contributed by atoms with Gasteiger partial charge in [0.05, 0.1) is 5.69 Å². The summed E-state index contributed by atoms with van der Waals surface area (Å²) in [5, 5.41) is 3.44. The summed E-state index contributed by atoms with van der Waals surface area (Å²) in [6.45, 7) is 9.70. The van der Waals surface area contributed by atoms with Crippen LogP contribution in [0, 0.1) is 6.92 Å². The molecule has 1 N–H and O–H groups in total. The van der Waals surface area contributed by atoms with E-state index in [0.29, 0.717) is 6.04 Å². The number of rotatable bonds is 6. The Bertz CT molecular complexity index is 291. The molecule has 0 aliphatic heterocycles. The van der Waals surface area contributed by atoms with Crippen molar-refractivity contribution in [2.24, 2.45) is 0 Å². The monoisotopic (exact) mass is 209 g/mol. The second-order valence-corrected chi connectivity index (χ2v) is 4.21. The molecule has 1 atom stereocenters. The summed E-state index contributed by atoms with van der Waals surface area (Å²) in [5.41, 5.74) is 1.09. The minimum Gasteiger partial charge on any atom is -0.353 e. The van der Waals surface area contributed by atoms with E-state index in [1.807, 2.05) is 6.92 Å². The molecular weight excluding hydrogens is 186 g/mol. The normalized spacial score (nSPS) is 12.8. The van der Waals surface area contributed by atoms with Crippen LogP contribution in [0.3, 0.4) is 0 Å². The quantitative estimate of drug-likeness (QED) is 0.779. The Hall–Kier alpha value is -0.990. The number of imidazole rings is 1. The van der Waals surface area contributed by atoms with E-state index in [0.717, 1.165) is 24.6 Å². The van der Waals surface area contributed by atoms with Gasteiger partial charge in [-0.15, -0.1) is 0 Å². The third kappa shape index (κ3) is 3.57. The molecule has 0 aliphatic carbocycles. The van der Waals surface area contributed by atoms with Gasteiger partial charge in [0.25, 0.3) is 0 Å². The Balaban J connectivity index is 2.67. The van der Waals surface area contributed by atoms with Gasteiger partial charge in [-0.2, -0.15) is 0 Å². The van der Waals surface area contributed by atoms with Gasteiger partial charge in [-0.1, -0.05) is 20.3 Å². The van der Waals surface area contributed by atoms with Gasteiger partial charge >= 0.3 is 0 Å². The smallest absolute Gasteiger partial charge is 0.203 e. The molecule has 0 radical (unpaired) electrons. The first-order valence-electron chi connectivity index (χ1n) is 5.97. The molecule has 0 spiro atoms. The van der Waals surface area contributed by atoms with Crippen LogP contribution in [0.25, 0.3) is 0 Å². The highest BCUT2D eigenvalue weighted by Gasteiger charge is 2.07. The number of anilines is 1. The fourth-order valence-electron chi connectivity index (χ4n) is 1.48. The van der Waals surface area contributed by atoms with E-state index in [9.17, 15) is 0 Å². The molecule has 0 saturated heterocycles. The van der Waals surface area contributed by atoms with Crippen LogP contribution in [-0.4, -0.2) is 15.6 Å². The Kier molecular flexibility index (Phi) is 4.66. The first kappa shape index (κ1) is 12.1. The van der Waals surface area contributed by atoms with Crippen LogP contribution in [-0.2, 0) is 6.54 Å². The molecule has 3 heteroatoms. The van der Waals surface area contributed by atoms with Crippen molar-refractivity contribution in [1.29, 1.82) is 0 Å². The molecule has 0 amide bonds. The summed E-state index contributed by atoms with van der Waals surface area (Å²) in [6.07, 6.45) is 5.69. The summed E-state index contributed by atoms with van der Waals surface area (Å²) >= 11 is 0. The lowest BCUT2D eigenvalue weighted by molar-refractivity contribution is 0.626. The number of aromatic nitrogens is 2. The van der Waals surface area contributed by atoms with Gasteiger partial charge in [-0.05, 0) is 26.7 Å². The maximum atomic E-state index is 4.50. The number of aryl methyl sites for hydroxylation is 2. The van der Waals surface area contributed by atoms with Gasteiger partial charge in [-0.3, -0.25) is 0 Å². The predicted molar refractivity (Wildman–Crippen MR) is 65.2 cm³/mol. The van der Waals surface area contributed by atoms with Gasteiger partial charge in [0.1, 0.15) is 0 Å². The zero-order chi connectivity index (χ0) is 11.3. The van der Waals surface area contributed by atoms with Crippen LogP contribution < -0.4 is 5.32 Å². The molecule has 0 aromatic carbocycles. The molecule has 0 bridgehead atoms. The van der Waals surface area contributed by atoms with Crippen molar-refractivity contribution in [1.82, 2.24) is 9.55 Å². The Labute approximate surface area is 92.9 Å². The molecule has 0 aliphatic rings. The summed E-state index contributed by atoms with van der Waals surface area (Å²) in [7, 11) is 0. The molecule has 0 fully saturated rings. The average molecular weight is 209 g/mol. The highest BCUT2D eigenvalue weighted by molar-refractivity contribution is 5.29. The van der Waals surface area contributed by atoms with Crippen LogP contribution in [0.15, 0.2) is 6.20 Å². The molecule has 15 heavy (non-hydrogen) atoms. The topological polar surface area (TPSA) is 29.9 Å². The predicted octanol–water partition coefficient (Wildman–Crippen LogP) is 3.20. The van der Waals surface area contributed by atoms with Gasteiger partial charge in [0.15, 0.2) is 0 Å². The van der Waals surface area contributed by atoms with Crippen LogP contribution in [0.5, 0.6) is 0 Å².